The first-order chi connectivity index (χ1) is 9.19. The highest BCUT2D eigenvalue weighted by Gasteiger charge is 2.16. The number of carbonyl (C=O) groups is 2. The van der Waals surface area contributed by atoms with E-state index in [1.54, 1.807) is 6.92 Å². The molecule has 0 radical (unpaired) electrons. The van der Waals surface area contributed by atoms with Crippen LogP contribution >= 0.6 is 0 Å². The van der Waals surface area contributed by atoms with E-state index in [-0.39, 0.29) is 12.4 Å². The standard InChI is InChI=1S/C14H19NO4/c1-3-19-13(16)10-7-11-15(14(17)18-2)12-8-5-4-6-9-12/h4-6,8-9H,3,7,10-11H2,1-2H3. The van der Waals surface area contributed by atoms with Crippen LogP contribution in [0.2, 0.25) is 0 Å². The third-order valence-electron chi connectivity index (χ3n) is 2.53. The van der Waals surface area contributed by atoms with E-state index in [2.05, 4.69) is 0 Å². The Labute approximate surface area is 113 Å². The van der Waals surface area contributed by atoms with Crippen molar-refractivity contribution in [3.63, 3.8) is 0 Å². The summed E-state index contributed by atoms with van der Waals surface area (Å²) in [6.07, 6.45) is 0.381. The summed E-state index contributed by atoms with van der Waals surface area (Å²) >= 11 is 0. The van der Waals surface area contributed by atoms with Gasteiger partial charge in [0, 0.05) is 18.7 Å². The highest BCUT2D eigenvalue weighted by atomic mass is 16.5. The average Bonchev–Trinajstić information content (AvgIpc) is 2.44. The quantitative estimate of drug-likeness (QED) is 0.742. The molecule has 0 fully saturated rings. The van der Waals surface area contributed by atoms with Crippen LogP contribution in [0.25, 0.3) is 0 Å². The van der Waals surface area contributed by atoms with E-state index in [0.717, 1.165) is 5.69 Å². The third-order valence-corrected chi connectivity index (χ3v) is 2.53. The molecule has 0 aliphatic carbocycles. The van der Waals surface area contributed by atoms with E-state index in [0.29, 0.717) is 19.6 Å². The number of hydrogen-bond acceptors (Lipinski definition) is 4. The number of benzene rings is 1. The number of nitrogens with zero attached hydrogens (tertiary/aromatic N) is 1. The first kappa shape index (κ1) is 15.0. The first-order valence-electron chi connectivity index (χ1n) is 6.25. The lowest BCUT2D eigenvalue weighted by atomic mass is 10.2. The number of ether oxygens (including phenoxy) is 2. The fraction of sp³-hybridized carbons (Fsp3) is 0.429. The smallest absolute Gasteiger partial charge is 0.413 e. The van der Waals surface area contributed by atoms with Crippen molar-refractivity contribution in [1.82, 2.24) is 0 Å². The molecule has 0 aliphatic rings. The summed E-state index contributed by atoms with van der Waals surface area (Å²) in [4.78, 5) is 24.4. The minimum absolute atomic E-state index is 0.250. The molecule has 1 amide bonds. The lowest BCUT2D eigenvalue weighted by Gasteiger charge is -2.20. The van der Waals surface area contributed by atoms with E-state index >= 15 is 0 Å². The monoisotopic (exact) mass is 265 g/mol. The molecule has 1 aromatic rings. The zero-order valence-corrected chi connectivity index (χ0v) is 11.3. The molecule has 5 heteroatoms. The zero-order chi connectivity index (χ0) is 14.1. The lowest BCUT2D eigenvalue weighted by Crippen LogP contribution is -2.32. The number of para-hydroxylation sites is 1. The molecule has 0 atom stereocenters. The minimum Gasteiger partial charge on any atom is -0.466 e. The predicted octanol–water partition coefficient (Wildman–Crippen LogP) is 2.60. The summed E-state index contributed by atoms with van der Waals surface area (Å²) in [5, 5.41) is 0. The molecule has 1 aromatic carbocycles. The fourth-order valence-corrected chi connectivity index (χ4v) is 1.66. The van der Waals surface area contributed by atoms with Gasteiger partial charge in [-0.2, -0.15) is 0 Å². The Kier molecular flexibility index (Phi) is 6.43. The topological polar surface area (TPSA) is 55.8 Å². The van der Waals surface area contributed by atoms with Gasteiger partial charge in [-0.05, 0) is 25.5 Å². The van der Waals surface area contributed by atoms with E-state index in [4.69, 9.17) is 9.47 Å². The van der Waals surface area contributed by atoms with Crippen molar-refractivity contribution in [2.24, 2.45) is 0 Å². The van der Waals surface area contributed by atoms with E-state index in [1.807, 2.05) is 30.3 Å². The van der Waals surface area contributed by atoms with Crippen LogP contribution in [0.15, 0.2) is 30.3 Å². The summed E-state index contributed by atoms with van der Waals surface area (Å²) in [6.45, 7) is 2.55. The van der Waals surface area contributed by atoms with Crippen LogP contribution in [-0.2, 0) is 14.3 Å². The Hall–Kier alpha value is -2.04. The lowest BCUT2D eigenvalue weighted by molar-refractivity contribution is -0.143. The van der Waals surface area contributed by atoms with Crippen LogP contribution < -0.4 is 4.90 Å². The van der Waals surface area contributed by atoms with Crippen molar-refractivity contribution in [3.8, 4) is 0 Å². The maximum Gasteiger partial charge on any atom is 0.413 e. The summed E-state index contributed by atoms with van der Waals surface area (Å²) in [5.41, 5.74) is 0.748. The predicted molar refractivity (Wildman–Crippen MR) is 72.1 cm³/mol. The van der Waals surface area contributed by atoms with Gasteiger partial charge in [0.05, 0.1) is 13.7 Å². The molecular weight excluding hydrogens is 246 g/mol. The summed E-state index contributed by atoms with van der Waals surface area (Å²) in [6, 6.07) is 9.20. The highest BCUT2D eigenvalue weighted by Crippen LogP contribution is 2.15. The Bertz CT molecular complexity index is 405. The van der Waals surface area contributed by atoms with Crippen LogP contribution in [-0.4, -0.2) is 32.3 Å². The van der Waals surface area contributed by atoms with Gasteiger partial charge < -0.3 is 9.47 Å². The number of rotatable bonds is 6. The Balaban J connectivity index is 2.57. The van der Waals surface area contributed by atoms with Gasteiger partial charge in [0.1, 0.15) is 0 Å². The van der Waals surface area contributed by atoms with Crippen molar-refractivity contribution >= 4 is 17.7 Å². The summed E-state index contributed by atoms with van der Waals surface area (Å²) in [5.74, 6) is -0.250. The number of carbonyl (C=O) groups excluding carboxylic acids is 2. The van der Waals surface area contributed by atoms with Crippen molar-refractivity contribution in [2.45, 2.75) is 19.8 Å². The normalized spacial score (nSPS) is 9.79. The van der Waals surface area contributed by atoms with Crippen LogP contribution in [0.4, 0.5) is 10.5 Å². The van der Waals surface area contributed by atoms with Gasteiger partial charge in [0.2, 0.25) is 0 Å². The maximum atomic E-state index is 11.7. The van der Waals surface area contributed by atoms with Gasteiger partial charge >= 0.3 is 12.1 Å². The van der Waals surface area contributed by atoms with Crippen molar-refractivity contribution in [3.05, 3.63) is 30.3 Å². The number of esters is 1. The average molecular weight is 265 g/mol. The molecule has 0 unspecified atom stereocenters. The second kappa shape index (κ2) is 8.13. The molecule has 0 heterocycles. The molecule has 0 saturated heterocycles. The van der Waals surface area contributed by atoms with E-state index in [9.17, 15) is 9.59 Å². The Morgan fingerprint density at radius 2 is 1.89 bits per heavy atom. The van der Waals surface area contributed by atoms with Crippen LogP contribution in [0.1, 0.15) is 19.8 Å². The SMILES string of the molecule is CCOC(=O)CCCN(C(=O)OC)c1ccccc1. The van der Waals surface area contributed by atoms with E-state index in [1.165, 1.54) is 12.0 Å². The molecule has 19 heavy (non-hydrogen) atoms. The maximum absolute atomic E-state index is 11.7. The van der Waals surface area contributed by atoms with Gasteiger partial charge in [-0.25, -0.2) is 4.79 Å². The number of methoxy groups -OCH3 is 1. The molecule has 0 N–H and O–H groups in total. The molecule has 0 saturated carbocycles. The molecule has 0 aromatic heterocycles. The molecular formula is C14H19NO4. The molecule has 0 aliphatic heterocycles. The van der Waals surface area contributed by atoms with E-state index < -0.39 is 6.09 Å². The minimum atomic E-state index is -0.435. The third kappa shape index (κ3) is 4.99. The van der Waals surface area contributed by atoms with Crippen molar-refractivity contribution < 1.29 is 19.1 Å². The van der Waals surface area contributed by atoms with Gasteiger partial charge in [0.25, 0.3) is 0 Å². The van der Waals surface area contributed by atoms with Crippen LogP contribution in [0.3, 0.4) is 0 Å². The zero-order valence-electron chi connectivity index (χ0n) is 11.3. The molecule has 0 bridgehead atoms. The van der Waals surface area contributed by atoms with Gasteiger partial charge in [-0.3, -0.25) is 9.69 Å². The second-order valence-corrected chi connectivity index (χ2v) is 3.87. The van der Waals surface area contributed by atoms with Crippen molar-refractivity contribution in [2.75, 3.05) is 25.2 Å². The largest absolute Gasteiger partial charge is 0.466 e. The highest BCUT2D eigenvalue weighted by molar-refractivity contribution is 5.87. The number of hydrogen-bond donors (Lipinski definition) is 0. The Morgan fingerprint density at radius 3 is 2.47 bits per heavy atom. The molecule has 104 valence electrons. The molecule has 1 rings (SSSR count). The van der Waals surface area contributed by atoms with Crippen molar-refractivity contribution in [1.29, 1.82) is 0 Å². The van der Waals surface area contributed by atoms with Crippen LogP contribution in [0, 0.1) is 0 Å². The van der Waals surface area contributed by atoms with Crippen LogP contribution in [0.5, 0.6) is 0 Å². The summed E-state index contributed by atoms with van der Waals surface area (Å²) < 4.78 is 9.59. The molecule has 0 spiro atoms. The summed E-state index contributed by atoms with van der Waals surface area (Å²) in [7, 11) is 1.34. The van der Waals surface area contributed by atoms with Gasteiger partial charge in [0.15, 0.2) is 0 Å². The Morgan fingerprint density at radius 1 is 1.21 bits per heavy atom. The van der Waals surface area contributed by atoms with Gasteiger partial charge in [-0.15, -0.1) is 0 Å². The first-order valence-corrected chi connectivity index (χ1v) is 6.25. The number of amides is 1. The molecule has 5 nitrogen and oxygen atoms in total. The number of anilines is 1. The second-order valence-electron chi connectivity index (χ2n) is 3.87. The fourth-order valence-electron chi connectivity index (χ4n) is 1.66. The van der Waals surface area contributed by atoms with Gasteiger partial charge in [-0.1, -0.05) is 18.2 Å².